The number of hydrogen-bond donors (Lipinski definition) is 1. The second-order valence-electron chi connectivity index (χ2n) is 4.20. The van der Waals surface area contributed by atoms with Crippen molar-refractivity contribution in [1.29, 1.82) is 0 Å². The van der Waals surface area contributed by atoms with Crippen molar-refractivity contribution >= 4 is 15.8 Å². The minimum Gasteiger partial charge on any atom is -0.497 e. The van der Waals surface area contributed by atoms with Crippen molar-refractivity contribution in [2.45, 2.75) is 25.0 Å². The number of hydrogen-bond acceptors (Lipinski definition) is 4. The monoisotopic (exact) mass is 286 g/mol. The molecule has 1 aromatic carbocycles. The largest absolute Gasteiger partial charge is 0.497 e. The third-order valence-corrected chi connectivity index (χ3v) is 5.09. The second kappa shape index (κ2) is 6.56. The van der Waals surface area contributed by atoms with Crippen LogP contribution in [0.3, 0.4) is 0 Å². The lowest BCUT2D eigenvalue weighted by molar-refractivity contribution is -0.136. The van der Waals surface area contributed by atoms with Crippen LogP contribution in [0.1, 0.15) is 18.9 Å². The first-order valence-electron chi connectivity index (χ1n) is 5.98. The first-order valence-corrected chi connectivity index (χ1v) is 7.69. The predicted molar refractivity (Wildman–Crippen MR) is 72.2 cm³/mol. The van der Waals surface area contributed by atoms with E-state index >= 15 is 0 Å². The van der Waals surface area contributed by atoms with Gasteiger partial charge in [-0.2, -0.15) is 0 Å². The van der Waals surface area contributed by atoms with Crippen molar-refractivity contribution in [3.8, 4) is 5.75 Å². The zero-order chi connectivity index (χ0) is 14.5. The van der Waals surface area contributed by atoms with E-state index in [9.17, 15) is 13.2 Å². The molecule has 1 rings (SSSR count). The minimum atomic E-state index is -3.62. The molecule has 0 spiro atoms. The van der Waals surface area contributed by atoms with E-state index in [2.05, 4.69) is 0 Å². The molecule has 0 aliphatic rings. The number of carboxylic acids is 1. The average molecular weight is 286 g/mol. The molecule has 0 saturated heterocycles. The van der Waals surface area contributed by atoms with Crippen LogP contribution in [-0.4, -0.2) is 37.6 Å². The lowest BCUT2D eigenvalue weighted by Gasteiger charge is -2.11. The summed E-state index contributed by atoms with van der Waals surface area (Å²) in [4.78, 5) is 10.9. The molecule has 0 saturated carbocycles. The molecule has 1 N–H and O–H groups in total. The number of aliphatic carboxylic acids is 1. The van der Waals surface area contributed by atoms with Gasteiger partial charge >= 0.3 is 5.97 Å². The highest BCUT2D eigenvalue weighted by atomic mass is 32.2. The number of carbonyl (C=O) groups is 1. The summed E-state index contributed by atoms with van der Waals surface area (Å²) in [5.41, 5.74) is 0.838. The molecule has 0 radical (unpaired) electrons. The quantitative estimate of drug-likeness (QED) is 0.822. The van der Waals surface area contributed by atoms with Crippen molar-refractivity contribution < 1.29 is 23.1 Å². The van der Waals surface area contributed by atoms with Crippen LogP contribution in [0.15, 0.2) is 24.3 Å². The Morgan fingerprint density at radius 3 is 2.32 bits per heavy atom. The van der Waals surface area contributed by atoms with Crippen LogP contribution < -0.4 is 4.74 Å². The highest BCUT2D eigenvalue weighted by Crippen LogP contribution is 2.14. The smallest absolute Gasteiger partial charge is 0.321 e. The zero-order valence-corrected chi connectivity index (χ0v) is 11.8. The minimum absolute atomic E-state index is 0.0836. The summed E-state index contributed by atoms with van der Waals surface area (Å²) in [7, 11) is -2.06. The van der Waals surface area contributed by atoms with Gasteiger partial charge in [0, 0.05) is 0 Å². The van der Waals surface area contributed by atoms with E-state index in [1.807, 2.05) is 0 Å². The van der Waals surface area contributed by atoms with Crippen molar-refractivity contribution in [2.24, 2.45) is 0 Å². The average Bonchev–Trinajstić information content (AvgIpc) is 2.37. The van der Waals surface area contributed by atoms with Gasteiger partial charge in [0.15, 0.2) is 15.1 Å². The maximum atomic E-state index is 11.9. The number of carboxylic acid groups (broad SMARTS) is 1. The summed E-state index contributed by atoms with van der Waals surface area (Å²) in [5, 5.41) is 7.56. The standard InChI is InChI=1S/C13H18O5S/c1-3-12(13(14)15)19(16,17)9-8-10-4-6-11(18-2)7-5-10/h4-7,12H,3,8-9H2,1-2H3,(H,14,15). The van der Waals surface area contributed by atoms with E-state index in [0.717, 1.165) is 5.56 Å². The molecule has 0 aliphatic carbocycles. The molecule has 19 heavy (non-hydrogen) atoms. The Morgan fingerprint density at radius 2 is 1.89 bits per heavy atom. The van der Waals surface area contributed by atoms with Gasteiger partial charge in [0.2, 0.25) is 0 Å². The second-order valence-corrected chi connectivity index (χ2v) is 6.50. The maximum Gasteiger partial charge on any atom is 0.321 e. The summed E-state index contributed by atoms with van der Waals surface area (Å²) in [5.74, 6) is -0.745. The number of ether oxygens (including phenoxy) is 1. The van der Waals surface area contributed by atoms with Gasteiger partial charge in [0.1, 0.15) is 5.75 Å². The third kappa shape index (κ3) is 4.24. The Labute approximate surface area is 113 Å². The molecular formula is C13H18O5S. The van der Waals surface area contributed by atoms with Gasteiger partial charge in [-0.25, -0.2) is 8.42 Å². The Hall–Kier alpha value is -1.56. The van der Waals surface area contributed by atoms with E-state index in [1.54, 1.807) is 38.3 Å². The van der Waals surface area contributed by atoms with Crippen LogP contribution in [0.25, 0.3) is 0 Å². The molecule has 0 fully saturated rings. The molecule has 106 valence electrons. The van der Waals surface area contributed by atoms with Gasteiger partial charge < -0.3 is 9.84 Å². The molecular weight excluding hydrogens is 268 g/mol. The van der Waals surface area contributed by atoms with Gasteiger partial charge in [0.25, 0.3) is 0 Å². The van der Waals surface area contributed by atoms with E-state index in [1.165, 1.54) is 0 Å². The molecule has 0 amide bonds. The van der Waals surface area contributed by atoms with Crippen LogP contribution in [0, 0.1) is 0 Å². The molecule has 1 unspecified atom stereocenters. The van der Waals surface area contributed by atoms with Crippen molar-refractivity contribution in [2.75, 3.05) is 12.9 Å². The first-order chi connectivity index (χ1) is 8.90. The Morgan fingerprint density at radius 1 is 1.32 bits per heavy atom. The van der Waals surface area contributed by atoms with Gasteiger partial charge in [-0.3, -0.25) is 4.79 Å². The summed E-state index contributed by atoms with van der Waals surface area (Å²) in [6, 6.07) is 7.04. The molecule has 0 aromatic heterocycles. The fourth-order valence-corrected chi connectivity index (χ4v) is 3.40. The number of rotatable bonds is 7. The molecule has 1 aromatic rings. The SMILES string of the molecule is CCC(C(=O)O)S(=O)(=O)CCc1ccc(OC)cc1. The van der Waals surface area contributed by atoms with Crippen molar-refractivity contribution in [3.05, 3.63) is 29.8 Å². The Balaban J connectivity index is 2.71. The maximum absolute atomic E-state index is 11.9. The lowest BCUT2D eigenvalue weighted by atomic mass is 10.2. The molecule has 0 aliphatic heterocycles. The van der Waals surface area contributed by atoms with E-state index < -0.39 is 21.1 Å². The van der Waals surface area contributed by atoms with Gasteiger partial charge in [-0.1, -0.05) is 19.1 Å². The molecule has 0 heterocycles. The van der Waals surface area contributed by atoms with Crippen molar-refractivity contribution in [1.82, 2.24) is 0 Å². The number of benzene rings is 1. The number of sulfone groups is 1. The Kier molecular flexibility index (Phi) is 5.35. The summed E-state index contributed by atoms with van der Waals surface area (Å²) in [6.07, 6.45) is 0.385. The van der Waals surface area contributed by atoms with Crippen LogP contribution >= 0.6 is 0 Å². The number of methoxy groups -OCH3 is 1. The topological polar surface area (TPSA) is 80.7 Å². The summed E-state index contributed by atoms with van der Waals surface area (Å²) < 4.78 is 28.8. The molecule has 5 nitrogen and oxygen atoms in total. The van der Waals surface area contributed by atoms with E-state index in [0.29, 0.717) is 12.2 Å². The fourth-order valence-electron chi connectivity index (χ4n) is 1.78. The first kappa shape index (κ1) is 15.5. The zero-order valence-electron chi connectivity index (χ0n) is 11.0. The highest BCUT2D eigenvalue weighted by molar-refractivity contribution is 7.92. The molecule has 1 atom stereocenters. The normalized spacial score (nSPS) is 12.9. The highest BCUT2D eigenvalue weighted by Gasteiger charge is 2.30. The van der Waals surface area contributed by atoms with Crippen molar-refractivity contribution in [3.63, 3.8) is 0 Å². The van der Waals surface area contributed by atoms with E-state index in [-0.39, 0.29) is 12.2 Å². The summed E-state index contributed by atoms with van der Waals surface area (Å²) in [6.45, 7) is 1.56. The van der Waals surface area contributed by atoms with Crippen LogP contribution in [0.5, 0.6) is 5.75 Å². The van der Waals surface area contributed by atoms with Crippen LogP contribution in [-0.2, 0) is 21.1 Å². The molecule has 6 heteroatoms. The van der Waals surface area contributed by atoms with Gasteiger partial charge in [0.05, 0.1) is 12.9 Å². The third-order valence-electron chi connectivity index (χ3n) is 2.91. The van der Waals surface area contributed by atoms with Crippen LogP contribution in [0.4, 0.5) is 0 Å². The fraction of sp³-hybridized carbons (Fsp3) is 0.462. The van der Waals surface area contributed by atoms with Gasteiger partial charge in [-0.05, 0) is 30.5 Å². The molecule has 0 bridgehead atoms. The van der Waals surface area contributed by atoms with Gasteiger partial charge in [-0.15, -0.1) is 0 Å². The summed E-state index contributed by atoms with van der Waals surface area (Å²) >= 11 is 0. The Bertz CT molecular complexity index is 518. The lowest BCUT2D eigenvalue weighted by Crippen LogP contribution is -2.32. The predicted octanol–water partition coefficient (Wildman–Crippen LogP) is 1.52. The number of aryl methyl sites for hydroxylation is 1. The van der Waals surface area contributed by atoms with Crippen LogP contribution in [0.2, 0.25) is 0 Å². The van der Waals surface area contributed by atoms with E-state index in [4.69, 9.17) is 9.84 Å².